The zero-order valence-corrected chi connectivity index (χ0v) is 22.6. The standard InChI is InChI=1S/C27H33N3O6S/c1-6-17-20(22(32)24(28)33)21-18(15-37-25(21)30(17)13-16-11-9-8-10-12-16)36-14-19(31)29-23(26(34)35-5)27(3,4)7-2/h8-12,15,23H,6-7,13-14H2,1-5H3,(H2,28,33)(H,29,31)/t23-/m1/s1. The van der Waals surface area contributed by atoms with Crippen LogP contribution in [-0.2, 0) is 32.1 Å². The summed E-state index contributed by atoms with van der Waals surface area (Å²) < 4.78 is 12.7. The summed E-state index contributed by atoms with van der Waals surface area (Å²) in [6.45, 7) is 7.63. The molecule has 2 heterocycles. The van der Waals surface area contributed by atoms with Gasteiger partial charge in [-0.2, -0.15) is 0 Å². The Hall–Kier alpha value is -3.66. The molecule has 198 valence electrons. The van der Waals surface area contributed by atoms with Gasteiger partial charge in [0.25, 0.3) is 17.6 Å². The molecule has 0 aliphatic rings. The van der Waals surface area contributed by atoms with Crippen molar-refractivity contribution in [1.29, 1.82) is 0 Å². The van der Waals surface area contributed by atoms with Crippen LogP contribution in [0.15, 0.2) is 35.7 Å². The molecule has 3 aromatic rings. The molecule has 3 N–H and O–H groups in total. The van der Waals surface area contributed by atoms with Crippen molar-refractivity contribution in [1.82, 2.24) is 9.88 Å². The quantitative estimate of drug-likeness (QED) is 0.211. The van der Waals surface area contributed by atoms with E-state index in [-0.39, 0.29) is 5.56 Å². The Bertz CT molecular complexity index is 1310. The van der Waals surface area contributed by atoms with E-state index in [0.717, 1.165) is 10.4 Å². The van der Waals surface area contributed by atoms with E-state index in [4.69, 9.17) is 15.2 Å². The summed E-state index contributed by atoms with van der Waals surface area (Å²) in [7, 11) is 1.27. The average molecular weight is 528 g/mol. The van der Waals surface area contributed by atoms with Gasteiger partial charge in [0.05, 0.1) is 18.1 Å². The minimum absolute atomic E-state index is 0.192. The van der Waals surface area contributed by atoms with E-state index in [1.165, 1.54) is 18.4 Å². The molecule has 0 aliphatic carbocycles. The molecular formula is C27H33N3O6S. The number of methoxy groups -OCH3 is 1. The number of rotatable bonds is 12. The lowest BCUT2D eigenvalue weighted by atomic mass is 9.82. The second kappa shape index (κ2) is 11.6. The summed E-state index contributed by atoms with van der Waals surface area (Å²) in [5.74, 6) is -2.63. The van der Waals surface area contributed by atoms with Crippen LogP contribution in [0.1, 0.15) is 55.7 Å². The Morgan fingerprint density at radius 2 is 1.81 bits per heavy atom. The lowest BCUT2D eigenvalue weighted by molar-refractivity contribution is -0.148. The number of hydrogen-bond donors (Lipinski definition) is 2. The first-order chi connectivity index (χ1) is 17.5. The predicted molar refractivity (Wildman–Crippen MR) is 142 cm³/mol. The van der Waals surface area contributed by atoms with Crippen molar-refractivity contribution in [3.05, 3.63) is 52.5 Å². The minimum Gasteiger partial charge on any atom is -0.482 e. The van der Waals surface area contributed by atoms with Crippen LogP contribution in [0.25, 0.3) is 10.2 Å². The van der Waals surface area contributed by atoms with Crippen LogP contribution in [0.2, 0.25) is 0 Å². The highest BCUT2D eigenvalue weighted by atomic mass is 32.1. The van der Waals surface area contributed by atoms with E-state index >= 15 is 0 Å². The van der Waals surface area contributed by atoms with Crippen molar-refractivity contribution < 1.29 is 28.7 Å². The molecule has 0 unspecified atom stereocenters. The Labute approximate surface area is 219 Å². The number of benzene rings is 1. The van der Waals surface area contributed by atoms with E-state index in [1.807, 2.05) is 62.6 Å². The first-order valence-corrected chi connectivity index (χ1v) is 12.9. The van der Waals surface area contributed by atoms with E-state index in [2.05, 4.69) is 5.32 Å². The molecule has 2 amide bonds. The SMILES string of the molecule is CCc1c(C(=O)C(N)=O)c2c(OCC(=O)N[C@H](C(=O)OC)C(C)(C)CC)csc2n1Cc1ccccc1. The van der Waals surface area contributed by atoms with Crippen molar-refractivity contribution in [2.45, 2.75) is 53.1 Å². The molecule has 1 atom stereocenters. The third kappa shape index (κ3) is 5.85. The van der Waals surface area contributed by atoms with Crippen molar-refractivity contribution in [3.63, 3.8) is 0 Å². The number of nitrogens with zero attached hydrogens (tertiary/aromatic N) is 1. The van der Waals surface area contributed by atoms with Gasteiger partial charge in [0.1, 0.15) is 16.6 Å². The van der Waals surface area contributed by atoms with Crippen molar-refractivity contribution in [2.24, 2.45) is 11.1 Å². The number of ketones is 1. The maximum atomic E-state index is 12.9. The van der Waals surface area contributed by atoms with Gasteiger partial charge in [0, 0.05) is 17.6 Å². The van der Waals surface area contributed by atoms with Crippen LogP contribution >= 0.6 is 11.3 Å². The fraction of sp³-hybridized carbons (Fsp3) is 0.407. The van der Waals surface area contributed by atoms with Crippen LogP contribution in [0.4, 0.5) is 0 Å². The van der Waals surface area contributed by atoms with E-state index < -0.39 is 41.6 Å². The zero-order chi connectivity index (χ0) is 27.3. The summed E-state index contributed by atoms with van der Waals surface area (Å²) in [6.07, 6.45) is 1.11. The zero-order valence-electron chi connectivity index (χ0n) is 21.8. The van der Waals surface area contributed by atoms with Crippen LogP contribution in [-0.4, -0.2) is 47.9 Å². The van der Waals surface area contributed by atoms with Crippen molar-refractivity contribution in [3.8, 4) is 5.75 Å². The van der Waals surface area contributed by atoms with Gasteiger partial charge in [-0.05, 0) is 23.8 Å². The molecule has 0 saturated heterocycles. The number of nitrogens with one attached hydrogen (secondary N) is 1. The maximum absolute atomic E-state index is 12.9. The summed E-state index contributed by atoms with van der Waals surface area (Å²) in [6, 6.07) is 8.88. The summed E-state index contributed by atoms with van der Waals surface area (Å²) in [5, 5.41) is 4.85. The number of fused-ring (bicyclic) bond motifs is 1. The highest BCUT2D eigenvalue weighted by molar-refractivity contribution is 7.17. The number of thiophene rings is 1. The maximum Gasteiger partial charge on any atom is 0.328 e. The van der Waals surface area contributed by atoms with Gasteiger partial charge in [0.2, 0.25) is 0 Å². The number of carbonyl (C=O) groups is 4. The first kappa shape index (κ1) is 27.9. The number of Topliss-reactive ketones (excluding diaryl/α,β-unsaturated/α-hetero) is 1. The highest BCUT2D eigenvalue weighted by Gasteiger charge is 2.36. The fourth-order valence-corrected chi connectivity index (χ4v) is 5.21. The van der Waals surface area contributed by atoms with Crippen molar-refractivity contribution in [2.75, 3.05) is 13.7 Å². The molecule has 0 saturated carbocycles. The second-order valence-corrected chi connectivity index (χ2v) is 10.2. The van der Waals surface area contributed by atoms with Gasteiger partial charge >= 0.3 is 5.97 Å². The molecule has 3 rings (SSSR count). The first-order valence-electron chi connectivity index (χ1n) is 12.1. The Balaban J connectivity index is 1.96. The molecule has 0 fully saturated rings. The molecule has 10 heteroatoms. The Morgan fingerprint density at radius 1 is 1.14 bits per heavy atom. The molecule has 0 aliphatic heterocycles. The summed E-state index contributed by atoms with van der Waals surface area (Å²) in [4.78, 5) is 50.7. The largest absolute Gasteiger partial charge is 0.482 e. The number of ether oxygens (including phenoxy) is 2. The fourth-order valence-electron chi connectivity index (χ4n) is 4.18. The van der Waals surface area contributed by atoms with Gasteiger partial charge in [-0.3, -0.25) is 14.4 Å². The number of carbonyl (C=O) groups excluding carboxylic acids is 4. The number of aromatic nitrogens is 1. The molecule has 37 heavy (non-hydrogen) atoms. The molecule has 0 bridgehead atoms. The number of hydrogen-bond acceptors (Lipinski definition) is 7. The third-order valence-electron chi connectivity index (χ3n) is 6.61. The second-order valence-electron chi connectivity index (χ2n) is 9.37. The summed E-state index contributed by atoms with van der Waals surface area (Å²) >= 11 is 1.35. The van der Waals surface area contributed by atoms with E-state index in [0.29, 0.717) is 36.2 Å². The van der Waals surface area contributed by atoms with Crippen LogP contribution < -0.4 is 15.8 Å². The van der Waals surface area contributed by atoms with Gasteiger partial charge in [0.15, 0.2) is 6.61 Å². The van der Waals surface area contributed by atoms with E-state index in [1.54, 1.807) is 5.38 Å². The van der Waals surface area contributed by atoms with Gasteiger partial charge in [-0.15, -0.1) is 11.3 Å². The van der Waals surface area contributed by atoms with E-state index in [9.17, 15) is 19.2 Å². The minimum atomic E-state index is -1.06. The molecule has 1 aromatic carbocycles. The molecule has 2 aromatic heterocycles. The van der Waals surface area contributed by atoms with Gasteiger partial charge in [-0.1, -0.05) is 58.0 Å². The summed E-state index contributed by atoms with van der Waals surface area (Å²) in [5.41, 5.74) is 6.74. The monoisotopic (exact) mass is 527 g/mol. The number of primary amides is 1. The number of amides is 2. The van der Waals surface area contributed by atoms with Crippen LogP contribution in [0.3, 0.4) is 0 Å². The highest BCUT2D eigenvalue weighted by Crippen LogP contribution is 2.40. The molecule has 0 radical (unpaired) electrons. The molecular weight excluding hydrogens is 494 g/mol. The van der Waals surface area contributed by atoms with Gasteiger partial charge < -0.3 is 25.1 Å². The Morgan fingerprint density at radius 3 is 2.38 bits per heavy atom. The Kier molecular flexibility index (Phi) is 8.75. The lowest BCUT2D eigenvalue weighted by Gasteiger charge is -2.31. The van der Waals surface area contributed by atoms with Gasteiger partial charge in [-0.25, -0.2) is 4.79 Å². The molecule has 9 nitrogen and oxygen atoms in total. The van der Waals surface area contributed by atoms with Crippen LogP contribution in [0, 0.1) is 5.41 Å². The smallest absolute Gasteiger partial charge is 0.328 e. The molecule has 0 spiro atoms. The normalized spacial score (nSPS) is 12.2. The third-order valence-corrected chi connectivity index (χ3v) is 7.59. The topological polar surface area (TPSA) is 130 Å². The number of nitrogens with two attached hydrogens (primary N) is 1. The average Bonchev–Trinajstić information content (AvgIpc) is 3.43. The number of esters is 1. The predicted octanol–water partition coefficient (Wildman–Crippen LogP) is 3.45. The van der Waals surface area contributed by atoms with Crippen molar-refractivity contribution >= 4 is 45.1 Å². The lowest BCUT2D eigenvalue weighted by Crippen LogP contribution is -2.51. The van der Waals surface area contributed by atoms with Crippen LogP contribution in [0.5, 0.6) is 5.75 Å².